The van der Waals surface area contributed by atoms with E-state index in [4.69, 9.17) is 23.2 Å². The molecule has 1 aliphatic heterocycles. The quantitative estimate of drug-likeness (QED) is 0.849. The monoisotopic (exact) mass is 363 g/mol. The Morgan fingerprint density at radius 2 is 1.83 bits per heavy atom. The number of benzene rings is 2. The lowest BCUT2D eigenvalue weighted by Crippen LogP contribution is -2.90. The van der Waals surface area contributed by atoms with Crippen LogP contribution < -0.4 is 10.2 Å². The summed E-state index contributed by atoms with van der Waals surface area (Å²) in [5, 5.41) is 3.11. The standard InChI is InChI=1S/C18H16Cl2N2O2/c1-11-2-7-14(8-15(11)20)22-17(23)9-16(18(22)24)21-10-12-3-5-13(19)6-4-12/h2-8,16,21H,9-10H2,1H3/p+1/t16-/m0/s1. The summed E-state index contributed by atoms with van der Waals surface area (Å²) in [6, 6.07) is 12.3. The Morgan fingerprint density at radius 1 is 1.12 bits per heavy atom. The van der Waals surface area contributed by atoms with Crippen LogP contribution in [0.5, 0.6) is 0 Å². The van der Waals surface area contributed by atoms with Crippen LogP contribution in [-0.4, -0.2) is 17.9 Å². The van der Waals surface area contributed by atoms with Gasteiger partial charge in [0.25, 0.3) is 5.91 Å². The first-order valence-corrected chi connectivity index (χ1v) is 8.42. The molecule has 0 radical (unpaired) electrons. The third kappa shape index (κ3) is 3.46. The first-order valence-electron chi connectivity index (χ1n) is 7.66. The van der Waals surface area contributed by atoms with Crippen LogP contribution in [0.1, 0.15) is 17.5 Å². The van der Waals surface area contributed by atoms with Gasteiger partial charge in [-0.3, -0.25) is 9.59 Å². The predicted octanol–water partition coefficient (Wildman–Crippen LogP) is 2.70. The van der Waals surface area contributed by atoms with Crippen molar-refractivity contribution in [2.45, 2.75) is 25.9 Å². The second-order valence-electron chi connectivity index (χ2n) is 5.88. The van der Waals surface area contributed by atoms with Crippen LogP contribution in [0.4, 0.5) is 5.69 Å². The van der Waals surface area contributed by atoms with Gasteiger partial charge in [0.1, 0.15) is 6.54 Å². The molecule has 1 heterocycles. The van der Waals surface area contributed by atoms with Gasteiger partial charge in [0.05, 0.1) is 12.1 Å². The van der Waals surface area contributed by atoms with Crippen LogP contribution in [-0.2, 0) is 16.1 Å². The zero-order valence-corrected chi connectivity index (χ0v) is 14.6. The number of amides is 2. The van der Waals surface area contributed by atoms with Crippen molar-refractivity contribution in [3.63, 3.8) is 0 Å². The normalized spacial score (nSPS) is 17.6. The number of halogens is 2. The highest BCUT2D eigenvalue weighted by Gasteiger charge is 2.42. The second-order valence-corrected chi connectivity index (χ2v) is 6.72. The van der Waals surface area contributed by atoms with Gasteiger partial charge in [-0.25, -0.2) is 4.90 Å². The molecule has 0 unspecified atom stereocenters. The number of hydrogen-bond donors (Lipinski definition) is 1. The number of rotatable bonds is 4. The molecule has 3 rings (SSSR count). The second kappa shape index (κ2) is 6.93. The van der Waals surface area contributed by atoms with Crippen LogP contribution in [0.2, 0.25) is 10.0 Å². The van der Waals surface area contributed by atoms with Gasteiger partial charge in [-0.2, -0.15) is 0 Å². The molecule has 1 saturated heterocycles. The van der Waals surface area contributed by atoms with Crippen LogP contribution >= 0.6 is 23.2 Å². The maximum Gasteiger partial charge on any atom is 0.292 e. The summed E-state index contributed by atoms with van der Waals surface area (Å²) < 4.78 is 0. The molecule has 124 valence electrons. The predicted molar refractivity (Wildman–Crippen MR) is 94.2 cm³/mol. The van der Waals surface area contributed by atoms with E-state index in [-0.39, 0.29) is 18.2 Å². The van der Waals surface area contributed by atoms with Crippen molar-refractivity contribution in [1.29, 1.82) is 0 Å². The van der Waals surface area contributed by atoms with E-state index in [0.717, 1.165) is 11.1 Å². The molecular weight excluding hydrogens is 347 g/mol. The fourth-order valence-corrected chi connectivity index (χ4v) is 3.03. The molecule has 4 nitrogen and oxygen atoms in total. The average molecular weight is 364 g/mol. The summed E-state index contributed by atoms with van der Waals surface area (Å²) in [4.78, 5) is 26.1. The number of hydrogen-bond acceptors (Lipinski definition) is 2. The molecule has 6 heteroatoms. The fourth-order valence-electron chi connectivity index (χ4n) is 2.73. The van der Waals surface area contributed by atoms with Crippen LogP contribution in [0.25, 0.3) is 0 Å². The minimum Gasteiger partial charge on any atom is -0.332 e. The summed E-state index contributed by atoms with van der Waals surface area (Å²) in [5.74, 6) is -0.397. The smallest absolute Gasteiger partial charge is 0.292 e. The van der Waals surface area contributed by atoms with Gasteiger partial charge in [0.15, 0.2) is 6.04 Å². The van der Waals surface area contributed by atoms with E-state index >= 15 is 0 Å². The molecule has 1 atom stereocenters. The number of nitrogens with two attached hydrogens (primary N) is 1. The molecule has 0 bridgehead atoms. The minimum absolute atomic E-state index is 0.192. The molecule has 2 N–H and O–H groups in total. The van der Waals surface area contributed by atoms with Gasteiger partial charge in [-0.1, -0.05) is 41.4 Å². The average Bonchev–Trinajstić information content (AvgIpc) is 2.84. The Morgan fingerprint density at radius 3 is 2.50 bits per heavy atom. The van der Waals surface area contributed by atoms with Crippen molar-refractivity contribution in [2.75, 3.05) is 4.90 Å². The summed E-state index contributed by atoms with van der Waals surface area (Å²) in [7, 11) is 0. The molecule has 2 amide bonds. The third-order valence-corrected chi connectivity index (χ3v) is 4.81. The fraction of sp³-hybridized carbons (Fsp3) is 0.222. The topological polar surface area (TPSA) is 54.0 Å². The third-order valence-electron chi connectivity index (χ3n) is 4.15. The number of carbonyl (C=O) groups is 2. The van der Waals surface area contributed by atoms with Crippen molar-refractivity contribution >= 4 is 40.7 Å². The summed E-state index contributed by atoms with van der Waals surface area (Å²) in [6.07, 6.45) is 0.192. The van der Waals surface area contributed by atoms with Gasteiger partial charge in [-0.05, 0) is 36.8 Å². The SMILES string of the molecule is Cc1ccc(N2C(=O)C[C@H]([NH2+]Cc3ccc(Cl)cc3)C2=O)cc1Cl. The highest BCUT2D eigenvalue weighted by atomic mass is 35.5. The number of quaternary nitrogens is 1. The van der Waals surface area contributed by atoms with Crippen molar-refractivity contribution in [1.82, 2.24) is 0 Å². The Balaban J connectivity index is 1.71. The van der Waals surface area contributed by atoms with Crippen molar-refractivity contribution in [2.24, 2.45) is 0 Å². The summed E-state index contributed by atoms with van der Waals surface area (Å²) in [5.41, 5.74) is 2.49. The van der Waals surface area contributed by atoms with Gasteiger partial charge < -0.3 is 5.32 Å². The van der Waals surface area contributed by atoms with E-state index in [9.17, 15) is 9.59 Å². The van der Waals surface area contributed by atoms with Crippen LogP contribution in [0.15, 0.2) is 42.5 Å². The molecule has 24 heavy (non-hydrogen) atoms. The lowest BCUT2D eigenvalue weighted by Gasteiger charge is -2.15. The molecule has 0 saturated carbocycles. The number of nitrogens with zero attached hydrogens (tertiary/aromatic N) is 1. The number of aryl methyl sites for hydroxylation is 1. The number of imide groups is 1. The number of anilines is 1. The Bertz CT molecular complexity index is 790. The van der Waals surface area contributed by atoms with Crippen LogP contribution in [0.3, 0.4) is 0 Å². The van der Waals surface area contributed by atoms with E-state index in [1.165, 1.54) is 4.90 Å². The number of carbonyl (C=O) groups excluding carboxylic acids is 2. The van der Waals surface area contributed by atoms with E-state index in [1.807, 2.05) is 42.6 Å². The highest BCUT2D eigenvalue weighted by Crippen LogP contribution is 2.26. The zero-order valence-electron chi connectivity index (χ0n) is 13.1. The molecule has 2 aromatic carbocycles. The first kappa shape index (κ1) is 17.0. The van der Waals surface area contributed by atoms with Crippen molar-refractivity contribution in [3.8, 4) is 0 Å². The van der Waals surface area contributed by atoms with Crippen molar-refractivity contribution in [3.05, 3.63) is 63.6 Å². The Labute approximate surface area is 150 Å². The van der Waals surface area contributed by atoms with Gasteiger partial charge in [0, 0.05) is 15.6 Å². The molecule has 1 aliphatic rings. The Hall–Kier alpha value is -1.88. The minimum atomic E-state index is -0.409. The molecule has 1 fully saturated rings. The van der Waals surface area contributed by atoms with Gasteiger partial charge >= 0.3 is 0 Å². The van der Waals surface area contributed by atoms with Crippen LogP contribution in [0, 0.1) is 6.92 Å². The zero-order chi connectivity index (χ0) is 17.3. The highest BCUT2D eigenvalue weighted by molar-refractivity contribution is 6.32. The molecule has 0 aliphatic carbocycles. The molecule has 0 aromatic heterocycles. The maximum absolute atomic E-state index is 12.6. The largest absolute Gasteiger partial charge is 0.332 e. The molecular formula is C18H17Cl2N2O2+. The lowest BCUT2D eigenvalue weighted by atomic mass is 10.2. The molecule has 0 spiro atoms. The van der Waals surface area contributed by atoms with E-state index < -0.39 is 6.04 Å². The summed E-state index contributed by atoms with van der Waals surface area (Å²) in [6.45, 7) is 2.49. The molecule has 2 aromatic rings. The lowest BCUT2D eigenvalue weighted by molar-refractivity contribution is -0.690. The maximum atomic E-state index is 12.6. The van der Waals surface area contributed by atoms with Gasteiger partial charge in [0.2, 0.25) is 5.91 Å². The first-order chi connectivity index (χ1) is 11.5. The van der Waals surface area contributed by atoms with E-state index in [0.29, 0.717) is 22.3 Å². The van der Waals surface area contributed by atoms with Gasteiger partial charge in [-0.15, -0.1) is 0 Å². The Kier molecular flexibility index (Phi) is 4.90. The van der Waals surface area contributed by atoms with E-state index in [2.05, 4.69) is 0 Å². The van der Waals surface area contributed by atoms with E-state index in [1.54, 1.807) is 12.1 Å². The summed E-state index contributed by atoms with van der Waals surface area (Å²) >= 11 is 12.0. The van der Waals surface area contributed by atoms with Crippen molar-refractivity contribution < 1.29 is 14.9 Å².